The van der Waals surface area contributed by atoms with E-state index in [4.69, 9.17) is 4.74 Å². The van der Waals surface area contributed by atoms with E-state index in [1.807, 2.05) is 12.1 Å². The van der Waals surface area contributed by atoms with E-state index in [2.05, 4.69) is 16.3 Å². The molecule has 1 unspecified atom stereocenters. The lowest BCUT2D eigenvalue weighted by atomic mass is 9.98. The first-order chi connectivity index (χ1) is 12.2. The molecule has 0 aromatic heterocycles. The summed E-state index contributed by atoms with van der Waals surface area (Å²) in [5, 5.41) is 13.7. The van der Waals surface area contributed by atoms with E-state index in [9.17, 15) is 9.90 Å². The Morgan fingerprint density at radius 3 is 3.08 bits per heavy atom. The molecule has 1 fully saturated rings. The highest BCUT2D eigenvalue weighted by atomic mass is 16.5. The summed E-state index contributed by atoms with van der Waals surface area (Å²) in [5.41, 5.74) is 2.93. The van der Waals surface area contributed by atoms with Crippen LogP contribution < -0.4 is 5.32 Å². The molecule has 0 radical (unpaired) electrons. The number of rotatable bonds is 5. The van der Waals surface area contributed by atoms with Crippen LogP contribution in [0.3, 0.4) is 0 Å². The normalized spacial score (nSPS) is 21.4. The van der Waals surface area contributed by atoms with Gasteiger partial charge in [0.25, 0.3) is 5.91 Å². The van der Waals surface area contributed by atoms with E-state index in [1.54, 1.807) is 12.0 Å². The Kier molecular flexibility index (Phi) is 6.29. The van der Waals surface area contributed by atoms with Crippen LogP contribution >= 0.6 is 0 Å². The summed E-state index contributed by atoms with van der Waals surface area (Å²) >= 11 is 0. The largest absolute Gasteiger partial charge is 0.390 e. The third kappa shape index (κ3) is 4.51. The number of aliphatic hydroxyl groups excluding tert-OH is 1. The molecule has 2 N–H and O–H groups in total. The molecule has 0 bridgehead atoms. The third-order valence-electron chi connectivity index (χ3n) is 5.00. The van der Waals surface area contributed by atoms with Gasteiger partial charge in [-0.1, -0.05) is 12.1 Å². The second-order valence-electron chi connectivity index (χ2n) is 6.92. The molecule has 0 saturated carbocycles. The molecule has 3 rings (SSSR count). The molecule has 2 aliphatic rings. The van der Waals surface area contributed by atoms with Gasteiger partial charge in [0.2, 0.25) is 0 Å². The van der Waals surface area contributed by atoms with Crippen molar-refractivity contribution in [1.29, 1.82) is 0 Å². The Bertz CT molecular complexity index is 593. The molecule has 1 amide bonds. The molecule has 0 aliphatic carbocycles. The first-order valence-electron chi connectivity index (χ1n) is 9.23. The van der Waals surface area contributed by atoms with Crippen LogP contribution in [0, 0.1) is 0 Å². The molecule has 1 atom stereocenters. The lowest BCUT2D eigenvalue weighted by Gasteiger charge is -2.26. The van der Waals surface area contributed by atoms with Crippen molar-refractivity contribution in [3.05, 3.63) is 29.3 Å². The molecule has 6 nitrogen and oxygen atoms in total. The summed E-state index contributed by atoms with van der Waals surface area (Å²) in [6.07, 6.45) is 2.54. The molecule has 6 heteroatoms. The number of aryl methyl sites for hydroxylation is 1. The maximum absolute atomic E-state index is 13.1. The van der Waals surface area contributed by atoms with Gasteiger partial charge in [0, 0.05) is 53.0 Å². The van der Waals surface area contributed by atoms with Gasteiger partial charge in [0.05, 0.1) is 17.4 Å². The maximum atomic E-state index is 13.1. The number of amides is 1. The Morgan fingerprint density at radius 2 is 2.24 bits per heavy atom. The van der Waals surface area contributed by atoms with Crippen LogP contribution in [0.4, 0.5) is 5.69 Å². The predicted octanol–water partition coefficient (Wildman–Crippen LogP) is 1.20. The van der Waals surface area contributed by atoms with Gasteiger partial charge < -0.3 is 20.1 Å². The molecule has 1 saturated heterocycles. The van der Waals surface area contributed by atoms with E-state index in [0.29, 0.717) is 19.6 Å². The number of ether oxygens (including phenoxy) is 1. The van der Waals surface area contributed by atoms with Gasteiger partial charge >= 0.3 is 0 Å². The lowest BCUT2D eigenvalue weighted by Crippen LogP contribution is -2.38. The monoisotopic (exact) mass is 347 g/mol. The van der Waals surface area contributed by atoms with Crippen LogP contribution in [0.1, 0.15) is 28.8 Å². The zero-order valence-electron chi connectivity index (χ0n) is 15.0. The fourth-order valence-corrected chi connectivity index (χ4v) is 3.73. The van der Waals surface area contributed by atoms with E-state index in [0.717, 1.165) is 56.8 Å². The van der Waals surface area contributed by atoms with Crippen LogP contribution in [-0.4, -0.2) is 79.9 Å². The number of hydrogen-bond donors (Lipinski definition) is 2. The van der Waals surface area contributed by atoms with Gasteiger partial charge in [-0.2, -0.15) is 0 Å². The molecule has 138 valence electrons. The van der Waals surface area contributed by atoms with E-state index in [1.165, 1.54) is 5.56 Å². The minimum absolute atomic E-state index is 0.0176. The summed E-state index contributed by atoms with van der Waals surface area (Å²) in [6, 6.07) is 5.95. The molecule has 1 aromatic rings. The Balaban J connectivity index is 1.68. The predicted molar refractivity (Wildman–Crippen MR) is 98.1 cm³/mol. The standard InChI is InChI=1S/C19H29N3O3/c1-25-12-4-9-21-10-11-22(14-16(23)13-21)19(24)17-7-2-5-15-6-3-8-20-18(15)17/h2,5,7,16,20,23H,3-4,6,8-14H2,1H3. The lowest BCUT2D eigenvalue weighted by molar-refractivity contribution is 0.0663. The number of anilines is 1. The minimum Gasteiger partial charge on any atom is -0.390 e. The number of β-amino-alcohol motifs (C(OH)–C–C–N with tert-alkyl or cyclic N) is 1. The Hall–Kier alpha value is -1.63. The topological polar surface area (TPSA) is 65.0 Å². The highest BCUT2D eigenvalue weighted by Crippen LogP contribution is 2.27. The van der Waals surface area contributed by atoms with Crippen LogP contribution in [0.15, 0.2) is 18.2 Å². The van der Waals surface area contributed by atoms with Crippen molar-refractivity contribution in [2.75, 3.05) is 58.3 Å². The molecule has 1 aromatic carbocycles. The number of carbonyl (C=O) groups excluding carboxylic acids is 1. The number of methoxy groups -OCH3 is 1. The smallest absolute Gasteiger partial charge is 0.256 e. The van der Waals surface area contributed by atoms with E-state index < -0.39 is 6.10 Å². The number of carbonyl (C=O) groups is 1. The van der Waals surface area contributed by atoms with Gasteiger partial charge in [0.1, 0.15) is 0 Å². The van der Waals surface area contributed by atoms with Gasteiger partial charge in [-0.05, 0) is 30.9 Å². The van der Waals surface area contributed by atoms with E-state index >= 15 is 0 Å². The zero-order valence-corrected chi connectivity index (χ0v) is 15.0. The third-order valence-corrected chi connectivity index (χ3v) is 5.00. The van der Waals surface area contributed by atoms with Crippen LogP contribution in [0.2, 0.25) is 0 Å². The minimum atomic E-state index is -0.513. The quantitative estimate of drug-likeness (QED) is 0.784. The summed E-state index contributed by atoms with van der Waals surface area (Å²) in [5.74, 6) is 0.0176. The number of aliphatic hydroxyl groups is 1. The van der Waals surface area contributed by atoms with Crippen molar-refractivity contribution in [3.8, 4) is 0 Å². The number of para-hydroxylation sites is 1. The number of nitrogens with zero attached hydrogens (tertiary/aromatic N) is 2. The summed E-state index contributed by atoms with van der Waals surface area (Å²) in [4.78, 5) is 17.1. The number of hydrogen-bond acceptors (Lipinski definition) is 5. The van der Waals surface area contributed by atoms with Crippen LogP contribution in [0.25, 0.3) is 0 Å². The summed E-state index contributed by atoms with van der Waals surface area (Å²) in [6.45, 7) is 4.95. The molecular weight excluding hydrogens is 318 g/mol. The van der Waals surface area contributed by atoms with E-state index in [-0.39, 0.29) is 5.91 Å². The van der Waals surface area contributed by atoms with Crippen molar-refractivity contribution in [2.45, 2.75) is 25.4 Å². The zero-order chi connectivity index (χ0) is 17.6. The van der Waals surface area contributed by atoms with Crippen molar-refractivity contribution in [3.63, 3.8) is 0 Å². The second-order valence-corrected chi connectivity index (χ2v) is 6.92. The van der Waals surface area contributed by atoms with Crippen molar-refractivity contribution < 1.29 is 14.6 Å². The van der Waals surface area contributed by atoms with Gasteiger partial charge in [0.15, 0.2) is 0 Å². The summed E-state index contributed by atoms with van der Waals surface area (Å²) < 4.78 is 5.10. The first kappa shape index (κ1) is 18.2. The van der Waals surface area contributed by atoms with Gasteiger partial charge in [-0.25, -0.2) is 0 Å². The number of nitrogens with one attached hydrogen (secondary N) is 1. The fourth-order valence-electron chi connectivity index (χ4n) is 3.73. The molecule has 2 heterocycles. The molecule has 0 spiro atoms. The number of benzene rings is 1. The molecule has 2 aliphatic heterocycles. The van der Waals surface area contributed by atoms with Gasteiger partial charge in [-0.3, -0.25) is 9.69 Å². The van der Waals surface area contributed by atoms with Crippen molar-refractivity contribution in [1.82, 2.24) is 9.80 Å². The maximum Gasteiger partial charge on any atom is 0.256 e. The van der Waals surface area contributed by atoms with Crippen LogP contribution in [0.5, 0.6) is 0 Å². The fraction of sp³-hybridized carbons (Fsp3) is 0.632. The molecule has 25 heavy (non-hydrogen) atoms. The average Bonchev–Trinajstić information content (AvgIpc) is 2.82. The van der Waals surface area contributed by atoms with Gasteiger partial charge in [-0.15, -0.1) is 0 Å². The SMILES string of the molecule is COCCCN1CCN(C(=O)c2cccc3c2NCCC3)CC(O)C1. The number of fused-ring (bicyclic) bond motifs is 1. The Morgan fingerprint density at radius 1 is 1.36 bits per heavy atom. The highest BCUT2D eigenvalue weighted by molar-refractivity contribution is 6.00. The highest BCUT2D eigenvalue weighted by Gasteiger charge is 2.27. The first-order valence-corrected chi connectivity index (χ1v) is 9.23. The second kappa shape index (κ2) is 8.65. The molecular formula is C19H29N3O3. The average molecular weight is 347 g/mol. The van der Waals surface area contributed by atoms with Crippen molar-refractivity contribution in [2.24, 2.45) is 0 Å². The Labute approximate surface area is 149 Å². The summed E-state index contributed by atoms with van der Waals surface area (Å²) in [7, 11) is 1.70. The van der Waals surface area contributed by atoms with Crippen molar-refractivity contribution >= 4 is 11.6 Å². The van der Waals surface area contributed by atoms with Crippen LogP contribution in [-0.2, 0) is 11.2 Å².